The molecule has 1 amide bonds. The minimum Gasteiger partial charge on any atom is -0.337 e. The van der Waals surface area contributed by atoms with Gasteiger partial charge in [0.15, 0.2) is 9.84 Å². The van der Waals surface area contributed by atoms with Crippen molar-refractivity contribution in [2.45, 2.75) is 45.5 Å². The van der Waals surface area contributed by atoms with Gasteiger partial charge in [-0.15, -0.1) is 0 Å². The molecule has 0 heterocycles. The summed E-state index contributed by atoms with van der Waals surface area (Å²) in [7, 11) is -3.68. The number of amides is 1. The fourth-order valence-corrected chi connectivity index (χ4v) is 4.03. The van der Waals surface area contributed by atoms with Crippen molar-refractivity contribution in [1.29, 1.82) is 0 Å². The molecule has 0 atom stereocenters. The Hall–Kier alpha value is -1.14. The number of benzene rings is 1. The summed E-state index contributed by atoms with van der Waals surface area (Å²) in [6.45, 7) is 7.34. The molecule has 0 unspecified atom stereocenters. The summed E-state index contributed by atoms with van der Waals surface area (Å²) in [6.07, 6.45) is 0. The van der Waals surface area contributed by atoms with Gasteiger partial charge >= 0.3 is 0 Å². The molecule has 0 saturated heterocycles. The number of rotatable bonds is 6. The molecule has 124 valence electrons. The van der Waals surface area contributed by atoms with Crippen LogP contribution in [0.2, 0.25) is 5.02 Å². The Balaban J connectivity index is 2.89. The van der Waals surface area contributed by atoms with Crippen LogP contribution in [0.3, 0.4) is 0 Å². The molecule has 22 heavy (non-hydrogen) atoms. The minimum absolute atomic E-state index is 0.0422. The lowest BCUT2D eigenvalue weighted by Crippen LogP contribution is -2.45. The van der Waals surface area contributed by atoms with Crippen LogP contribution in [-0.2, 0) is 20.4 Å². The molecule has 7 heteroatoms. The van der Waals surface area contributed by atoms with Crippen molar-refractivity contribution in [2.24, 2.45) is 0 Å². The molecule has 0 bridgehead atoms. The van der Waals surface area contributed by atoms with Crippen LogP contribution in [-0.4, -0.2) is 37.1 Å². The first-order valence-corrected chi connectivity index (χ1v) is 9.19. The van der Waals surface area contributed by atoms with Crippen LogP contribution in [0.5, 0.6) is 0 Å². The molecule has 0 aliphatic carbocycles. The SMILES string of the molecule is CC(C)N(C(=O)CS(=O)(=O)Cc1ccc(F)cc1Cl)C(C)C. The summed E-state index contributed by atoms with van der Waals surface area (Å²) in [5.74, 6) is -1.95. The van der Waals surface area contributed by atoms with Gasteiger partial charge in [0.05, 0.1) is 5.75 Å². The van der Waals surface area contributed by atoms with Crippen molar-refractivity contribution in [1.82, 2.24) is 4.90 Å². The monoisotopic (exact) mass is 349 g/mol. The first-order chi connectivity index (χ1) is 10.0. The second-order valence-electron chi connectivity index (χ2n) is 5.76. The summed E-state index contributed by atoms with van der Waals surface area (Å²) in [5.41, 5.74) is 0.288. The van der Waals surface area contributed by atoms with E-state index in [9.17, 15) is 17.6 Å². The zero-order valence-corrected chi connectivity index (χ0v) is 14.7. The number of halogens is 2. The van der Waals surface area contributed by atoms with Gasteiger partial charge in [0.25, 0.3) is 0 Å². The van der Waals surface area contributed by atoms with Gasteiger partial charge < -0.3 is 4.90 Å². The second kappa shape index (κ2) is 7.42. The molecule has 0 aliphatic rings. The fourth-order valence-electron chi connectivity index (χ4n) is 2.36. The van der Waals surface area contributed by atoms with Gasteiger partial charge in [-0.2, -0.15) is 0 Å². The van der Waals surface area contributed by atoms with Crippen LogP contribution in [0.15, 0.2) is 18.2 Å². The van der Waals surface area contributed by atoms with Gasteiger partial charge in [0.1, 0.15) is 11.6 Å². The van der Waals surface area contributed by atoms with Crippen molar-refractivity contribution >= 4 is 27.3 Å². The quantitative estimate of drug-likeness (QED) is 0.793. The van der Waals surface area contributed by atoms with E-state index < -0.39 is 27.3 Å². The highest BCUT2D eigenvalue weighted by Gasteiger charge is 2.26. The van der Waals surface area contributed by atoms with Crippen LogP contribution in [0.1, 0.15) is 33.3 Å². The largest absolute Gasteiger partial charge is 0.337 e. The molecule has 0 aliphatic heterocycles. The summed E-state index contributed by atoms with van der Waals surface area (Å²) < 4.78 is 37.4. The lowest BCUT2D eigenvalue weighted by atomic mass is 10.2. The molecule has 0 aromatic heterocycles. The molecule has 1 aromatic rings. The summed E-state index contributed by atoms with van der Waals surface area (Å²) >= 11 is 5.84. The van der Waals surface area contributed by atoms with Crippen molar-refractivity contribution in [3.63, 3.8) is 0 Å². The number of hydrogen-bond acceptors (Lipinski definition) is 3. The Kier molecular flexibility index (Phi) is 6.38. The standard InChI is InChI=1S/C15H21ClFNO3S/c1-10(2)18(11(3)4)15(19)9-22(20,21)8-12-5-6-13(17)7-14(12)16/h5-7,10-11H,8-9H2,1-4H3. The Morgan fingerprint density at radius 1 is 1.23 bits per heavy atom. The van der Waals surface area contributed by atoms with Gasteiger partial charge in [-0.05, 0) is 45.4 Å². The third kappa shape index (κ3) is 5.25. The average molecular weight is 350 g/mol. The average Bonchev–Trinajstić information content (AvgIpc) is 2.30. The maximum absolute atomic E-state index is 13.0. The second-order valence-corrected chi connectivity index (χ2v) is 8.23. The molecular weight excluding hydrogens is 329 g/mol. The van der Waals surface area contributed by atoms with E-state index >= 15 is 0 Å². The molecule has 0 N–H and O–H groups in total. The van der Waals surface area contributed by atoms with E-state index in [1.54, 1.807) is 0 Å². The predicted molar refractivity (Wildman–Crippen MR) is 86.0 cm³/mol. The maximum Gasteiger partial charge on any atom is 0.238 e. The third-order valence-electron chi connectivity index (χ3n) is 3.13. The predicted octanol–water partition coefficient (Wildman–Crippen LogP) is 3.04. The lowest BCUT2D eigenvalue weighted by Gasteiger charge is -2.30. The van der Waals surface area contributed by atoms with E-state index in [1.807, 2.05) is 27.7 Å². The molecular formula is C15H21ClFNO3S. The Labute approximate surface area is 136 Å². The number of hydrogen-bond donors (Lipinski definition) is 0. The number of carbonyl (C=O) groups is 1. The van der Waals surface area contributed by atoms with Crippen molar-refractivity contribution in [3.8, 4) is 0 Å². The van der Waals surface area contributed by atoms with Crippen LogP contribution in [0.25, 0.3) is 0 Å². The number of sulfone groups is 1. The summed E-state index contributed by atoms with van der Waals surface area (Å²) in [6, 6.07) is 3.35. The van der Waals surface area contributed by atoms with E-state index in [0.29, 0.717) is 0 Å². The Bertz CT molecular complexity index is 636. The molecule has 0 fully saturated rings. The van der Waals surface area contributed by atoms with Crippen molar-refractivity contribution in [2.75, 3.05) is 5.75 Å². The Morgan fingerprint density at radius 2 is 1.77 bits per heavy atom. The zero-order chi connectivity index (χ0) is 17.1. The van der Waals surface area contributed by atoms with Crippen molar-refractivity contribution < 1.29 is 17.6 Å². The first kappa shape index (κ1) is 18.9. The Morgan fingerprint density at radius 3 is 2.23 bits per heavy atom. The van der Waals surface area contributed by atoms with E-state index in [-0.39, 0.29) is 28.4 Å². The van der Waals surface area contributed by atoms with Crippen LogP contribution in [0, 0.1) is 5.82 Å². The highest BCUT2D eigenvalue weighted by Crippen LogP contribution is 2.20. The topological polar surface area (TPSA) is 54.5 Å². The molecule has 4 nitrogen and oxygen atoms in total. The van der Waals surface area contributed by atoms with Gasteiger partial charge in [0.2, 0.25) is 5.91 Å². The molecule has 1 aromatic carbocycles. The number of nitrogens with zero attached hydrogens (tertiary/aromatic N) is 1. The summed E-state index contributed by atoms with van der Waals surface area (Å²) in [4.78, 5) is 13.8. The maximum atomic E-state index is 13.0. The normalized spacial score (nSPS) is 12.0. The highest BCUT2D eigenvalue weighted by atomic mass is 35.5. The van der Waals surface area contributed by atoms with Gasteiger partial charge in [-0.3, -0.25) is 4.79 Å². The molecule has 0 saturated carbocycles. The van der Waals surface area contributed by atoms with Gasteiger partial charge in [0, 0.05) is 17.1 Å². The van der Waals surface area contributed by atoms with E-state index in [2.05, 4.69) is 0 Å². The summed E-state index contributed by atoms with van der Waals surface area (Å²) in [5, 5.41) is 0.0422. The van der Waals surface area contributed by atoms with E-state index in [4.69, 9.17) is 11.6 Å². The fraction of sp³-hybridized carbons (Fsp3) is 0.533. The van der Waals surface area contributed by atoms with Crippen LogP contribution >= 0.6 is 11.6 Å². The van der Waals surface area contributed by atoms with E-state index in [0.717, 1.165) is 12.1 Å². The third-order valence-corrected chi connectivity index (χ3v) is 4.92. The van der Waals surface area contributed by atoms with E-state index in [1.165, 1.54) is 11.0 Å². The molecule has 1 rings (SSSR count). The highest BCUT2D eigenvalue weighted by molar-refractivity contribution is 7.91. The minimum atomic E-state index is -3.68. The smallest absolute Gasteiger partial charge is 0.238 e. The molecule has 0 radical (unpaired) electrons. The van der Waals surface area contributed by atoms with Crippen molar-refractivity contribution in [3.05, 3.63) is 34.6 Å². The van der Waals surface area contributed by atoms with Crippen LogP contribution in [0.4, 0.5) is 4.39 Å². The van der Waals surface area contributed by atoms with Gasteiger partial charge in [-0.1, -0.05) is 17.7 Å². The number of carbonyl (C=O) groups excluding carboxylic acids is 1. The first-order valence-electron chi connectivity index (χ1n) is 6.99. The lowest BCUT2D eigenvalue weighted by molar-refractivity contribution is -0.131. The van der Waals surface area contributed by atoms with Gasteiger partial charge in [-0.25, -0.2) is 12.8 Å². The molecule has 0 spiro atoms. The zero-order valence-electron chi connectivity index (χ0n) is 13.1. The van der Waals surface area contributed by atoms with Crippen LogP contribution < -0.4 is 0 Å².